The van der Waals surface area contributed by atoms with Crippen molar-refractivity contribution >= 4 is 11.6 Å². The molecule has 0 heterocycles. The highest BCUT2D eigenvalue weighted by atomic mass is 19.1. The van der Waals surface area contributed by atoms with Crippen molar-refractivity contribution in [2.24, 2.45) is 0 Å². The lowest BCUT2D eigenvalue weighted by atomic mass is 10.1. The topological polar surface area (TPSA) is 49.3 Å². The van der Waals surface area contributed by atoms with Crippen molar-refractivity contribution in [2.75, 3.05) is 5.32 Å². The molecule has 5 heteroatoms. The summed E-state index contributed by atoms with van der Waals surface area (Å²) in [5.41, 5.74) is 0.849. The molecule has 1 amide bonds. The highest BCUT2D eigenvalue weighted by Crippen LogP contribution is 2.18. The third-order valence-corrected chi connectivity index (χ3v) is 3.05. The van der Waals surface area contributed by atoms with Crippen molar-refractivity contribution in [1.29, 1.82) is 0 Å². The number of halogens is 2. The first kappa shape index (κ1) is 15.1. The van der Waals surface area contributed by atoms with Gasteiger partial charge >= 0.3 is 0 Å². The number of rotatable bonds is 4. The second kappa shape index (κ2) is 6.45. The average molecular weight is 291 g/mol. The van der Waals surface area contributed by atoms with Crippen LogP contribution < -0.4 is 5.32 Å². The number of hydrogen-bond donors (Lipinski definition) is 2. The van der Waals surface area contributed by atoms with Crippen LogP contribution in [0.15, 0.2) is 42.5 Å². The Bertz CT molecular complexity index is 636. The molecule has 3 nitrogen and oxygen atoms in total. The third-order valence-electron chi connectivity index (χ3n) is 3.05. The quantitative estimate of drug-likeness (QED) is 0.909. The predicted octanol–water partition coefficient (Wildman–Crippen LogP) is 3.20. The molecular formula is C16H15F2NO2. The number of anilines is 1. The molecule has 0 bridgehead atoms. The van der Waals surface area contributed by atoms with Crippen molar-refractivity contribution in [3.63, 3.8) is 0 Å². The zero-order chi connectivity index (χ0) is 15.4. The minimum absolute atomic E-state index is 0.262. The van der Waals surface area contributed by atoms with Gasteiger partial charge in [-0.15, -0.1) is 0 Å². The molecule has 0 aromatic heterocycles. The summed E-state index contributed by atoms with van der Waals surface area (Å²) < 4.78 is 26.9. The van der Waals surface area contributed by atoms with Gasteiger partial charge in [-0.05, 0) is 36.8 Å². The van der Waals surface area contributed by atoms with Gasteiger partial charge in [0.05, 0.1) is 12.5 Å². The lowest BCUT2D eigenvalue weighted by Gasteiger charge is -2.10. The predicted molar refractivity (Wildman–Crippen MR) is 75.8 cm³/mol. The minimum atomic E-state index is -0.747. The summed E-state index contributed by atoms with van der Waals surface area (Å²) in [5, 5.41) is 12.0. The minimum Gasteiger partial charge on any atom is -0.389 e. The number of nitrogens with one attached hydrogen (secondary N) is 1. The van der Waals surface area contributed by atoms with E-state index in [1.54, 1.807) is 31.2 Å². The van der Waals surface area contributed by atoms with E-state index in [0.717, 1.165) is 12.1 Å². The molecule has 0 aliphatic carbocycles. The Morgan fingerprint density at radius 3 is 2.43 bits per heavy atom. The second-order valence-electron chi connectivity index (χ2n) is 4.73. The van der Waals surface area contributed by atoms with E-state index in [0.29, 0.717) is 11.3 Å². The maximum Gasteiger partial charge on any atom is 0.229 e. The molecule has 0 spiro atoms. The van der Waals surface area contributed by atoms with Crippen molar-refractivity contribution < 1.29 is 18.7 Å². The molecule has 2 rings (SSSR count). The summed E-state index contributed by atoms with van der Waals surface area (Å²) in [7, 11) is 0. The van der Waals surface area contributed by atoms with Crippen LogP contribution in [-0.4, -0.2) is 11.0 Å². The maximum absolute atomic E-state index is 13.5. The smallest absolute Gasteiger partial charge is 0.229 e. The van der Waals surface area contributed by atoms with Crippen LogP contribution in [0.5, 0.6) is 0 Å². The van der Waals surface area contributed by atoms with Gasteiger partial charge in [-0.3, -0.25) is 4.79 Å². The number of amides is 1. The summed E-state index contributed by atoms with van der Waals surface area (Å²) in [6, 6.07) is 10.1. The van der Waals surface area contributed by atoms with Crippen LogP contribution in [0.25, 0.3) is 0 Å². The molecule has 2 N–H and O–H groups in total. The number of carbonyl (C=O) groups is 1. The number of hydrogen-bond acceptors (Lipinski definition) is 2. The van der Waals surface area contributed by atoms with Gasteiger partial charge in [0.2, 0.25) is 5.91 Å². The zero-order valence-electron chi connectivity index (χ0n) is 11.4. The van der Waals surface area contributed by atoms with E-state index in [-0.39, 0.29) is 5.56 Å². The molecule has 0 aliphatic heterocycles. The zero-order valence-corrected chi connectivity index (χ0v) is 11.4. The van der Waals surface area contributed by atoms with E-state index in [1.165, 1.54) is 6.07 Å². The molecule has 0 fully saturated rings. The molecule has 110 valence electrons. The standard InChI is InChI=1S/C16H15F2NO2/c1-10(20)11-4-2-5-12(8-11)19-16(21)9-13-14(17)6-3-7-15(13)18/h2-8,10,20H,9H2,1H3,(H,19,21). The molecular weight excluding hydrogens is 276 g/mol. The highest BCUT2D eigenvalue weighted by molar-refractivity contribution is 5.92. The molecule has 0 saturated heterocycles. The summed E-state index contributed by atoms with van der Waals surface area (Å²) in [6.07, 6.45) is -1.05. The highest BCUT2D eigenvalue weighted by Gasteiger charge is 2.13. The maximum atomic E-state index is 13.5. The van der Waals surface area contributed by atoms with Gasteiger partial charge in [0.1, 0.15) is 11.6 Å². The van der Waals surface area contributed by atoms with Crippen LogP contribution in [0.4, 0.5) is 14.5 Å². The Hall–Kier alpha value is -2.27. The fourth-order valence-electron chi connectivity index (χ4n) is 1.94. The Kier molecular flexibility index (Phi) is 4.65. The first-order valence-corrected chi connectivity index (χ1v) is 6.48. The first-order chi connectivity index (χ1) is 9.97. The average Bonchev–Trinajstić information content (AvgIpc) is 2.43. The molecule has 0 radical (unpaired) electrons. The SMILES string of the molecule is CC(O)c1cccc(NC(=O)Cc2c(F)cccc2F)c1. The van der Waals surface area contributed by atoms with Crippen LogP contribution in [0.1, 0.15) is 24.2 Å². The van der Waals surface area contributed by atoms with E-state index in [2.05, 4.69) is 5.32 Å². The first-order valence-electron chi connectivity index (χ1n) is 6.48. The van der Waals surface area contributed by atoms with Crippen LogP contribution in [0.2, 0.25) is 0 Å². The molecule has 0 saturated carbocycles. The molecule has 21 heavy (non-hydrogen) atoms. The Morgan fingerprint density at radius 1 is 1.19 bits per heavy atom. The van der Waals surface area contributed by atoms with Gasteiger partial charge in [0.15, 0.2) is 0 Å². The van der Waals surface area contributed by atoms with Gasteiger partial charge in [-0.1, -0.05) is 18.2 Å². The number of carbonyl (C=O) groups excluding carboxylic acids is 1. The Morgan fingerprint density at radius 2 is 1.81 bits per heavy atom. The van der Waals surface area contributed by atoms with Gasteiger partial charge in [0, 0.05) is 11.3 Å². The van der Waals surface area contributed by atoms with E-state index in [9.17, 15) is 18.7 Å². The summed E-state index contributed by atoms with van der Waals surface area (Å²) in [6.45, 7) is 1.61. The van der Waals surface area contributed by atoms with Gasteiger partial charge in [-0.25, -0.2) is 8.78 Å². The van der Waals surface area contributed by atoms with Crippen LogP contribution in [0, 0.1) is 11.6 Å². The monoisotopic (exact) mass is 291 g/mol. The molecule has 2 aromatic rings. The fraction of sp³-hybridized carbons (Fsp3) is 0.188. The molecule has 1 atom stereocenters. The van der Waals surface area contributed by atoms with Gasteiger partial charge in [-0.2, -0.15) is 0 Å². The van der Waals surface area contributed by atoms with Gasteiger partial charge in [0.25, 0.3) is 0 Å². The summed E-state index contributed by atoms with van der Waals surface area (Å²) >= 11 is 0. The van der Waals surface area contributed by atoms with Crippen LogP contribution in [-0.2, 0) is 11.2 Å². The van der Waals surface area contributed by atoms with Crippen molar-refractivity contribution in [3.05, 3.63) is 65.2 Å². The normalized spacial score (nSPS) is 12.0. The van der Waals surface area contributed by atoms with Gasteiger partial charge < -0.3 is 10.4 Å². The lowest BCUT2D eigenvalue weighted by Crippen LogP contribution is -2.16. The van der Waals surface area contributed by atoms with Crippen molar-refractivity contribution in [3.8, 4) is 0 Å². The van der Waals surface area contributed by atoms with E-state index < -0.39 is 30.1 Å². The van der Waals surface area contributed by atoms with E-state index >= 15 is 0 Å². The van der Waals surface area contributed by atoms with E-state index in [1.807, 2.05) is 0 Å². The Balaban J connectivity index is 2.10. The number of aliphatic hydroxyl groups is 1. The van der Waals surface area contributed by atoms with Crippen molar-refractivity contribution in [1.82, 2.24) is 0 Å². The summed E-state index contributed by atoms with van der Waals surface area (Å²) in [4.78, 5) is 11.9. The van der Waals surface area contributed by atoms with E-state index in [4.69, 9.17) is 0 Å². The van der Waals surface area contributed by atoms with Crippen LogP contribution in [0.3, 0.4) is 0 Å². The third kappa shape index (κ3) is 3.86. The number of aliphatic hydroxyl groups excluding tert-OH is 1. The van der Waals surface area contributed by atoms with Crippen molar-refractivity contribution in [2.45, 2.75) is 19.4 Å². The summed E-state index contributed by atoms with van der Waals surface area (Å²) in [5.74, 6) is -2.02. The van der Waals surface area contributed by atoms with Crippen LogP contribution >= 0.6 is 0 Å². The molecule has 0 aliphatic rings. The second-order valence-corrected chi connectivity index (χ2v) is 4.73. The largest absolute Gasteiger partial charge is 0.389 e. The molecule has 2 aromatic carbocycles. The molecule has 1 unspecified atom stereocenters. The fourth-order valence-corrected chi connectivity index (χ4v) is 1.94. The lowest BCUT2D eigenvalue weighted by molar-refractivity contribution is -0.115. The Labute approximate surface area is 121 Å². The number of benzene rings is 2.